The van der Waals surface area contributed by atoms with Crippen LogP contribution < -0.4 is 15.0 Å². The SMILES string of the molecule is CCOc1ccccc1N1CC(C(=O)Nc2ccc(C(=O)N3CCCCC3C)cc2C)CC1=O. The van der Waals surface area contributed by atoms with Gasteiger partial charge in [-0.3, -0.25) is 14.4 Å². The molecule has 2 saturated heterocycles. The van der Waals surface area contributed by atoms with E-state index in [2.05, 4.69) is 12.2 Å². The number of hydrogen-bond acceptors (Lipinski definition) is 4. The molecule has 0 bridgehead atoms. The van der Waals surface area contributed by atoms with E-state index in [0.717, 1.165) is 31.4 Å². The summed E-state index contributed by atoms with van der Waals surface area (Å²) in [4.78, 5) is 42.3. The Hall–Kier alpha value is -3.35. The van der Waals surface area contributed by atoms with Gasteiger partial charge in [-0.15, -0.1) is 0 Å². The smallest absolute Gasteiger partial charge is 0.254 e. The molecule has 180 valence electrons. The molecule has 7 heteroatoms. The molecule has 2 unspecified atom stereocenters. The highest BCUT2D eigenvalue weighted by molar-refractivity contribution is 6.04. The minimum atomic E-state index is -0.461. The van der Waals surface area contributed by atoms with Gasteiger partial charge in [-0.1, -0.05) is 12.1 Å². The maximum Gasteiger partial charge on any atom is 0.254 e. The Morgan fingerprint density at radius 1 is 1.15 bits per heavy atom. The number of anilines is 2. The highest BCUT2D eigenvalue weighted by Crippen LogP contribution is 2.33. The molecule has 2 aromatic carbocycles. The van der Waals surface area contributed by atoms with Crippen LogP contribution in [0.15, 0.2) is 42.5 Å². The molecule has 2 atom stereocenters. The molecule has 7 nitrogen and oxygen atoms in total. The normalized spacial score (nSPS) is 20.4. The second kappa shape index (κ2) is 10.3. The topological polar surface area (TPSA) is 79.0 Å². The van der Waals surface area contributed by atoms with Gasteiger partial charge in [0, 0.05) is 36.8 Å². The average molecular weight is 464 g/mol. The third-order valence-corrected chi connectivity index (χ3v) is 6.75. The summed E-state index contributed by atoms with van der Waals surface area (Å²) in [6.45, 7) is 7.46. The molecule has 0 aliphatic carbocycles. The van der Waals surface area contributed by atoms with Crippen molar-refractivity contribution in [2.75, 3.05) is 29.9 Å². The predicted octanol–water partition coefficient (Wildman–Crippen LogP) is 4.40. The Balaban J connectivity index is 1.43. The Morgan fingerprint density at radius 3 is 2.68 bits per heavy atom. The lowest BCUT2D eigenvalue weighted by atomic mass is 10.0. The zero-order valence-electron chi connectivity index (χ0n) is 20.2. The van der Waals surface area contributed by atoms with Crippen LogP contribution in [0.25, 0.3) is 0 Å². The number of likely N-dealkylation sites (tertiary alicyclic amines) is 1. The first-order chi connectivity index (χ1) is 16.4. The van der Waals surface area contributed by atoms with Crippen LogP contribution in [0.3, 0.4) is 0 Å². The van der Waals surface area contributed by atoms with Gasteiger partial charge in [0.15, 0.2) is 0 Å². The van der Waals surface area contributed by atoms with Gasteiger partial charge in [0.2, 0.25) is 11.8 Å². The molecule has 2 heterocycles. The standard InChI is InChI=1S/C27H33N3O4/c1-4-34-24-11-6-5-10-23(24)30-17-21(16-25(30)31)26(32)28-22-13-12-20(15-18(22)2)27(33)29-14-8-7-9-19(29)3/h5-6,10-13,15,19,21H,4,7-9,14,16-17H2,1-3H3,(H,28,32). The summed E-state index contributed by atoms with van der Waals surface area (Å²) in [5.41, 5.74) is 2.82. The van der Waals surface area contributed by atoms with Gasteiger partial charge in [0.25, 0.3) is 5.91 Å². The number of nitrogens with zero attached hydrogens (tertiary/aromatic N) is 2. The first kappa shape index (κ1) is 23.8. The molecule has 0 radical (unpaired) electrons. The quantitative estimate of drug-likeness (QED) is 0.689. The third-order valence-electron chi connectivity index (χ3n) is 6.75. The molecule has 0 saturated carbocycles. The molecular weight excluding hydrogens is 430 g/mol. The van der Waals surface area contributed by atoms with Crippen molar-refractivity contribution in [3.8, 4) is 5.75 Å². The maximum atomic E-state index is 13.0. The lowest BCUT2D eigenvalue weighted by Gasteiger charge is -2.33. The number of hydrogen-bond donors (Lipinski definition) is 1. The zero-order chi connectivity index (χ0) is 24.2. The molecule has 1 N–H and O–H groups in total. The molecule has 0 aromatic heterocycles. The van der Waals surface area contributed by atoms with Crippen molar-refractivity contribution in [2.45, 2.75) is 52.5 Å². The molecule has 2 fully saturated rings. The monoisotopic (exact) mass is 463 g/mol. The number of benzene rings is 2. The first-order valence-corrected chi connectivity index (χ1v) is 12.1. The van der Waals surface area contributed by atoms with Gasteiger partial charge in [0.05, 0.1) is 18.2 Å². The van der Waals surface area contributed by atoms with E-state index >= 15 is 0 Å². The van der Waals surface area contributed by atoms with Crippen molar-refractivity contribution < 1.29 is 19.1 Å². The summed E-state index contributed by atoms with van der Waals surface area (Å²) in [6.07, 6.45) is 3.38. The number of para-hydroxylation sites is 2. The average Bonchev–Trinajstić information content (AvgIpc) is 3.22. The molecule has 2 aliphatic rings. The van der Waals surface area contributed by atoms with Crippen LogP contribution in [0, 0.1) is 12.8 Å². The Kier molecular flexibility index (Phi) is 7.20. The summed E-state index contributed by atoms with van der Waals surface area (Å²) in [5.74, 6) is -0.0778. The van der Waals surface area contributed by atoms with Crippen molar-refractivity contribution >= 4 is 29.1 Å². The lowest BCUT2D eigenvalue weighted by Crippen LogP contribution is -2.42. The van der Waals surface area contributed by atoms with Crippen molar-refractivity contribution in [3.05, 3.63) is 53.6 Å². The van der Waals surface area contributed by atoms with E-state index in [9.17, 15) is 14.4 Å². The zero-order valence-corrected chi connectivity index (χ0v) is 20.2. The lowest BCUT2D eigenvalue weighted by molar-refractivity contribution is -0.122. The number of rotatable bonds is 6. The fourth-order valence-electron chi connectivity index (χ4n) is 4.81. The second-order valence-corrected chi connectivity index (χ2v) is 9.17. The molecule has 2 aliphatic heterocycles. The molecule has 3 amide bonds. The molecule has 0 spiro atoms. The molecule has 4 rings (SSSR count). The van der Waals surface area contributed by atoms with Crippen LogP contribution in [0.2, 0.25) is 0 Å². The summed E-state index contributed by atoms with van der Waals surface area (Å²) in [7, 11) is 0. The highest BCUT2D eigenvalue weighted by atomic mass is 16.5. The van der Waals surface area contributed by atoms with E-state index in [4.69, 9.17) is 4.74 Å². The Labute approximate surface area is 201 Å². The van der Waals surface area contributed by atoms with E-state index in [1.54, 1.807) is 17.0 Å². The van der Waals surface area contributed by atoms with Gasteiger partial charge in [-0.25, -0.2) is 0 Å². The molecular formula is C27H33N3O4. The fraction of sp³-hybridized carbons (Fsp3) is 0.444. The predicted molar refractivity (Wildman–Crippen MR) is 132 cm³/mol. The first-order valence-electron chi connectivity index (χ1n) is 12.1. The molecule has 34 heavy (non-hydrogen) atoms. The van der Waals surface area contributed by atoms with Crippen LogP contribution in [-0.2, 0) is 9.59 Å². The van der Waals surface area contributed by atoms with Gasteiger partial charge >= 0.3 is 0 Å². The largest absolute Gasteiger partial charge is 0.492 e. The van der Waals surface area contributed by atoms with Crippen LogP contribution in [0.4, 0.5) is 11.4 Å². The van der Waals surface area contributed by atoms with E-state index in [0.29, 0.717) is 35.8 Å². The number of aryl methyl sites for hydroxylation is 1. The van der Waals surface area contributed by atoms with E-state index in [1.165, 1.54) is 0 Å². The summed E-state index contributed by atoms with van der Waals surface area (Å²) in [5, 5.41) is 2.96. The molecule has 2 aromatic rings. The number of amides is 3. The van der Waals surface area contributed by atoms with Crippen LogP contribution in [-0.4, -0.2) is 48.4 Å². The number of nitrogens with one attached hydrogen (secondary N) is 1. The summed E-state index contributed by atoms with van der Waals surface area (Å²) in [6, 6.07) is 13.0. The van der Waals surface area contributed by atoms with Crippen molar-refractivity contribution in [1.82, 2.24) is 4.90 Å². The van der Waals surface area contributed by atoms with Crippen LogP contribution in [0.1, 0.15) is 55.5 Å². The van der Waals surface area contributed by atoms with E-state index in [-0.39, 0.29) is 30.2 Å². The Morgan fingerprint density at radius 2 is 1.94 bits per heavy atom. The third kappa shape index (κ3) is 4.93. The minimum absolute atomic E-state index is 0.0400. The van der Waals surface area contributed by atoms with Gasteiger partial charge < -0.3 is 19.9 Å². The maximum absolute atomic E-state index is 13.0. The van der Waals surface area contributed by atoms with Crippen molar-refractivity contribution in [1.29, 1.82) is 0 Å². The van der Waals surface area contributed by atoms with Gasteiger partial charge in [-0.2, -0.15) is 0 Å². The number of carbonyl (C=O) groups is 3. The second-order valence-electron chi connectivity index (χ2n) is 9.17. The number of carbonyl (C=O) groups excluding carboxylic acids is 3. The van der Waals surface area contributed by atoms with Gasteiger partial charge in [0.1, 0.15) is 5.75 Å². The van der Waals surface area contributed by atoms with Crippen molar-refractivity contribution in [2.24, 2.45) is 5.92 Å². The van der Waals surface area contributed by atoms with Crippen LogP contribution >= 0.6 is 0 Å². The highest BCUT2D eigenvalue weighted by Gasteiger charge is 2.36. The Bertz CT molecular complexity index is 1080. The van der Waals surface area contributed by atoms with Gasteiger partial charge in [-0.05, 0) is 75.9 Å². The minimum Gasteiger partial charge on any atom is -0.492 e. The summed E-state index contributed by atoms with van der Waals surface area (Å²) < 4.78 is 5.66. The van der Waals surface area contributed by atoms with Crippen molar-refractivity contribution in [3.63, 3.8) is 0 Å². The fourth-order valence-corrected chi connectivity index (χ4v) is 4.81. The summed E-state index contributed by atoms with van der Waals surface area (Å²) >= 11 is 0. The van der Waals surface area contributed by atoms with Crippen LogP contribution in [0.5, 0.6) is 5.75 Å². The number of ether oxygens (including phenoxy) is 1. The number of piperidine rings is 1. The van der Waals surface area contributed by atoms with E-state index < -0.39 is 5.92 Å². The van der Waals surface area contributed by atoms with E-state index in [1.807, 2.05) is 49.1 Å².